The fourth-order valence-corrected chi connectivity index (χ4v) is 2.92. The summed E-state index contributed by atoms with van der Waals surface area (Å²) < 4.78 is 5.40. The van der Waals surface area contributed by atoms with E-state index < -0.39 is 0 Å². The number of anilines is 1. The van der Waals surface area contributed by atoms with Gasteiger partial charge >= 0.3 is 0 Å². The van der Waals surface area contributed by atoms with E-state index in [1.54, 1.807) is 0 Å². The van der Waals surface area contributed by atoms with Crippen LogP contribution in [0.2, 0.25) is 5.15 Å². The molecule has 0 saturated carbocycles. The summed E-state index contributed by atoms with van der Waals surface area (Å²) in [6, 6.07) is 6.45. The maximum absolute atomic E-state index is 5.94. The molecule has 0 bridgehead atoms. The minimum absolute atomic E-state index is 0.572. The molecule has 2 saturated heterocycles. The van der Waals surface area contributed by atoms with E-state index in [9.17, 15) is 0 Å². The molecule has 0 amide bonds. The van der Waals surface area contributed by atoms with E-state index in [1.807, 2.05) is 18.2 Å². The molecular formula is C13H18ClN3O. The molecule has 0 radical (unpaired) electrons. The van der Waals surface area contributed by atoms with Gasteiger partial charge in [-0.25, -0.2) is 4.98 Å². The second kappa shape index (κ2) is 5.43. The third kappa shape index (κ3) is 2.60. The number of aromatic nitrogens is 1. The lowest BCUT2D eigenvalue weighted by Crippen LogP contribution is -2.44. The third-order valence-corrected chi connectivity index (χ3v) is 3.96. The molecule has 3 rings (SSSR count). The summed E-state index contributed by atoms with van der Waals surface area (Å²) in [5.41, 5.74) is 0. The Bertz CT molecular complexity index is 409. The summed E-state index contributed by atoms with van der Waals surface area (Å²) in [6.45, 7) is 5.96. The number of ether oxygens (including phenoxy) is 1. The Hall–Kier alpha value is -0.840. The fraction of sp³-hybridized carbons (Fsp3) is 0.615. The number of morpholine rings is 1. The molecule has 1 unspecified atom stereocenters. The van der Waals surface area contributed by atoms with Gasteiger partial charge in [0.05, 0.1) is 13.2 Å². The molecule has 2 fully saturated rings. The smallest absolute Gasteiger partial charge is 0.131 e. The van der Waals surface area contributed by atoms with Crippen molar-refractivity contribution in [3.8, 4) is 0 Å². The van der Waals surface area contributed by atoms with Crippen molar-refractivity contribution in [1.29, 1.82) is 0 Å². The van der Waals surface area contributed by atoms with Gasteiger partial charge in [-0.05, 0) is 18.6 Å². The van der Waals surface area contributed by atoms with Crippen molar-refractivity contribution in [2.24, 2.45) is 0 Å². The van der Waals surface area contributed by atoms with E-state index in [1.165, 1.54) is 6.42 Å². The first-order valence-electron chi connectivity index (χ1n) is 6.52. The molecule has 4 nitrogen and oxygen atoms in total. The van der Waals surface area contributed by atoms with E-state index in [2.05, 4.69) is 14.8 Å². The molecule has 1 aromatic rings. The van der Waals surface area contributed by atoms with Crippen LogP contribution < -0.4 is 4.90 Å². The number of rotatable bonds is 2. The predicted molar refractivity (Wildman–Crippen MR) is 72.3 cm³/mol. The third-order valence-electron chi connectivity index (χ3n) is 3.75. The Morgan fingerprint density at radius 3 is 2.83 bits per heavy atom. The summed E-state index contributed by atoms with van der Waals surface area (Å²) in [4.78, 5) is 9.24. The van der Waals surface area contributed by atoms with Crippen LogP contribution in [-0.2, 0) is 4.74 Å². The second-order valence-corrected chi connectivity index (χ2v) is 5.24. The Morgan fingerprint density at radius 2 is 2.06 bits per heavy atom. The molecule has 2 aliphatic rings. The van der Waals surface area contributed by atoms with Crippen LogP contribution in [0.1, 0.15) is 6.42 Å². The van der Waals surface area contributed by atoms with Gasteiger partial charge < -0.3 is 9.64 Å². The van der Waals surface area contributed by atoms with Crippen molar-refractivity contribution in [3.05, 3.63) is 23.4 Å². The van der Waals surface area contributed by atoms with Crippen LogP contribution in [0.3, 0.4) is 0 Å². The summed E-state index contributed by atoms with van der Waals surface area (Å²) in [5.74, 6) is 0.998. The van der Waals surface area contributed by atoms with Crippen LogP contribution in [0.4, 0.5) is 5.82 Å². The normalized spacial score (nSPS) is 25.6. The van der Waals surface area contributed by atoms with Gasteiger partial charge in [0.25, 0.3) is 0 Å². The first-order valence-corrected chi connectivity index (χ1v) is 6.90. The van der Waals surface area contributed by atoms with Crippen molar-refractivity contribution in [2.45, 2.75) is 12.5 Å². The highest BCUT2D eigenvalue weighted by Gasteiger charge is 2.29. The van der Waals surface area contributed by atoms with E-state index in [4.69, 9.17) is 16.3 Å². The average molecular weight is 268 g/mol. The summed E-state index contributed by atoms with van der Waals surface area (Å²) >= 11 is 5.94. The quantitative estimate of drug-likeness (QED) is 0.762. The number of hydrogen-bond acceptors (Lipinski definition) is 4. The Balaban J connectivity index is 1.64. The first-order chi connectivity index (χ1) is 8.83. The van der Waals surface area contributed by atoms with Crippen molar-refractivity contribution in [1.82, 2.24) is 9.88 Å². The summed E-state index contributed by atoms with van der Waals surface area (Å²) in [7, 11) is 0. The molecule has 98 valence electrons. The van der Waals surface area contributed by atoms with Gasteiger partial charge in [-0.3, -0.25) is 4.90 Å². The highest BCUT2D eigenvalue weighted by molar-refractivity contribution is 6.29. The average Bonchev–Trinajstić information content (AvgIpc) is 2.89. The topological polar surface area (TPSA) is 28.6 Å². The van der Waals surface area contributed by atoms with Crippen molar-refractivity contribution in [2.75, 3.05) is 44.3 Å². The van der Waals surface area contributed by atoms with Crippen LogP contribution in [0.5, 0.6) is 0 Å². The summed E-state index contributed by atoms with van der Waals surface area (Å²) in [6.07, 6.45) is 1.20. The Kier molecular flexibility index (Phi) is 3.68. The standard InChI is InChI=1S/C13H18ClN3O/c14-12-2-1-3-13(15-12)17-5-4-11(10-17)16-6-8-18-9-7-16/h1-3,11H,4-10H2. The van der Waals surface area contributed by atoms with Crippen LogP contribution in [0.25, 0.3) is 0 Å². The van der Waals surface area contributed by atoms with Gasteiger partial charge in [-0.15, -0.1) is 0 Å². The molecule has 0 N–H and O–H groups in total. The van der Waals surface area contributed by atoms with Crippen molar-refractivity contribution in [3.63, 3.8) is 0 Å². The Morgan fingerprint density at radius 1 is 1.22 bits per heavy atom. The molecule has 0 spiro atoms. The van der Waals surface area contributed by atoms with E-state index in [0.29, 0.717) is 11.2 Å². The second-order valence-electron chi connectivity index (χ2n) is 4.86. The zero-order valence-electron chi connectivity index (χ0n) is 10.4. The zero-order valence-corrected chi connectivity index (χ0v) is 11.1. The van der Waals surface area contributed by atoms with Crippen molar-refractivity contribution < 1.29 is 4.74 Å². The lowest BCUT2D eigenvalue weighted by molar-refractivity contribution is 0.0209. The number of hydrogen-bond donors (Lipinski definition) is 0. The lowest BCUT2D eigenvalue weighted by atomic mass is 10.2. The monoisotopic (exact) mass is 267 g/mol. The van der Waals surface area contributed by atoms with E-state index in [0.717, 1.165) is 45.2 Å². The maximum atomic E-state index is 5.94. The van der Waals surface area contributed by atoms with Crippen LogP contribution in [0.15, 0.2) is 18.2 Å². The minimum atomic E-state index is 0.572. The number of pyridine rings is 1. The highest BCUT2D eigenvalue weighted by atomic mass is 35.5. The molecule has 18 heavy (non-hydrogen) atoms. The molecule has 0 aliphatic carbocycles. The van der Waals surface area contributed by atoms with E-state index >= 15 is 0 Å². The molecule has 1 aromatic heterocycles. The van der Waals surface area contributed by atoms with Gasteiger partial charge in [-0.2, -0.15) is 0 Å². The van der Waals surface area contributed by atoms with Crippen LogP contribution in [-0.4, -0.2) is 55.3 Å². The van der Waals surface area contributed by atoms with Crippen molar-refractivity contribution >= 4 is 17.4 Å². The highest BCUT2D eigenvalue weighted by Crippen LogP contribution is 2.23. The van der Waals surface area contributed by atoms with Gasteiger partial charge in [0.15, 0.2) is 0 Å². The van der Waals surface area contributed by atoms with Crippen LogP contribution >= 0.6 is 11.6 Å². The first kappa shape index (κ1) is 12.2. The molecular weight excluding hydrogens is 250 g/mol. The predicted octanol–water partition coefficient (Wildman–Crippen LogP) is 1.65. The minimum Gasteiger partial charge on any atom is -0.379 e. The van der Waals surface area contributed by atoms with Gasteiger partial charge in [0.2, 0.25) is 0 Å². The van der Waals surface area contributed by atoms with E-state index in [-0.39, 0.29) is 0 Å². The molecule has 2 aliphatic heterocycles. The van der Waals surface area contributed by atoms with Gasteiger partial charge in [-0.1, -0.05) is 17.7 Å². The number of nitrogens with zero attached hydrogens (tertiary/aromatic N) is 3. The largest absolute Gasteiger partial charge is 0.379 e. The molecule has 3 heterocycles. The maximum Gasteiger partial charge on any atom is 0.131 e. The Labute approximate surface area is 112 Å². The van der Waals surface area contributed by atoms with Gasteiger partial charge in [0, 0.05) is 32.2 Å². The summed E-state index contributed by atoms with van der Waals surface area (Å²) in [5, 5.41) is 0.572. The molecule has 5 heteroatoms. The zero-order chi connectivity index (χ0) is 12.4. The van der Waals surface area contributed by atoms with Crippen LogP contribution in [0, 0.1) is 0 Å². The number of halogens is 1. The lowest BCUT2D eigenvalue weighted by Gasteiger charge is -2.32. The molecule has 1 atom stereocenters. The molecule has 0 aromatic carbocycles. The van der Waals surface area contributed by atoms with Gasteiger partial charge in [0.1, 0.15) is 11.0 Å². The SMILES string of the molecule is Clc1cccc(N2CCC(N3CCOCC3)C2)n1. The fourth-order valence-electron chi connectivity index (χ4n) is 2.76.